The third-order valence-corrected chi connectivity index (χ3v) is 6.18. The molecule has 0 aromatic heterocycles. The van der Waals surface area contributed by atoms with Gasteiger partial charge in [-0.1, -0.05) is 19.9 Å². The Morgan fingerprint density at radius 2 is 1.82 bits per heavy atom. The van der Waals surface area contributed by atoms with Crippen molar-refractivity contribution in [2.24, 2.45) is 11.8 Å². The van der Waals surface area contributed by atoms with Crippen LogP contribution in [0.5, 0.6) is 17.2 Å². The zero-order valence-electron chi connectivity index (χ0n) is 20.2. The Balaban J connectivity index is 1.47. The third-order valence-electron chi connectivity index (χ3n) is 6.18. The number of aryl methyl sites for hydroxylation is 1. The molecule has 180 valence electrons. The van der Waals surface area contributed by atoms with E-state index in [4.69, 9.17) is 14.2 Å². The molecular weight excluding hydrogens is 432 g/mol. The lowest BCUT2D eigenvalue weighted by atomic mass is 9.91. The van der Waals surface area contributed by atoms with Crippen molar-refractivity contribution in [1.29, 1.82) is 0 Å². The summed E-state index contributed by atoms with van der Waals surface area (Å²) in [5.74, 6) is 2.41. The van der Waals surface area contributed by atoms with Crippen molar-refractivity contribution < 1.29 is 23.8 Å². The van der Waals surface area contributed by atoms with Crippen molar-refractivity contribution >= 4 is 23.6 Å². The Hall–Kier alpha value is -3.48. The van der Waals surface area contributed by atoms with Gasteiger partial charge in [-0.05, 0) is 66.6 Å². The van der Waals surface area contributed by atoms with Gasteiger partial charge in [-0.3, -0.25) is 9.59 Å². The average Bonchev–Trinajstić information content (AvgIpc) is 2.82. The first-order valence-corrected chi connectivity index (χ1v) is 11.7. The van der Waals surface area contributed by atoms with Crippen LogP contribution in [0, 0.1) is 18.8 Å². The zero-order valence-corrected chi connectivity index (χ0v) is 20.2. The lowest BCUT2D eigenvalue weighted by Gasteiger charge is -2.35. The minimum Gasteiger partial charge on any atom is -0.493 e. The van der Waals surface area contributed by atoms with E-state index in [2.05, 4.69) is 19.2 Å². The van der Waals surface area contributed by atoms with Crippen LogP contribution >= 0.6 is 0 Å². The summed E-state index contributed by atoms with van der Waals surface area (Å²) in [6, 6.07) is 9.07. The van der Waals surface area contributed by atoms with Crippen molar-refractivity contribution in [3.8, 4) is 17.2 Å². The highest BCUT2D eigenvalue weighted by atomic mass is 16.6. The second kappa shape index (κ2) is 10.2. The van der Waals surface area contributed by atoms with Gasteiger partial charge in [0.1, 0.15) is 13.2 Å². The van der Waals surface area contributed by atoms with Gasteiger partial charge < -0.3 is 24.4 Å². The number of nitrogens with one attached hydrogen (secondary N) is 1. The van der Waals surface area contributed by atoms with E-state index in [9.17, 15) is 9.59 Å². The molecule has 2 atom stereocenters. The predicted molar refractivity (Wildman–Crippen MR) is 132 cm³/mol. The number of anilines is 1. The van der Waals surface area contributed by atoms with E-state index in [0.29, 0.717) is 53.5 Å². The van der Waals surface area contributed by atoms with Crippen LogP contribution in [0.3, 0.4) is 0 Å². The minimum absolute atomic E-state index is 0.00724. The van der Waals surface area contributed by atoms with Gasteiger partial charge in [0.2, 0.25) is 11.7 Å². The lowest BCUT2D eigenvalue weighted by molar-refractivity contribution is -0.111. The van der Waals surface area contributed by atoms with Crippen LogP contribution in [-0.4, -0.2) is 50.1 Å². The number of carbonyl (C=O) groups excluding carboxylic acids is 2. The maximum atomic E-state index is 13.1. The molecule has 2 unspecified atom stereocenters. The predicted octanol–water partition coefficient (Wildman–Crippen LogP) is 4.54. The van der Waals surface area contributed by atoms with E-state index in [1.165, 1.54) is 6.08 Å². The molecule has 1 N–H and O–H groups in total. The van der Waals surface area contributed by atoms with Gasteiger partial charge in [0.25, 0.3) is 5.91 Å². The van der Waals surface area contributed by atoms with E-state index in [1.54, 1.807) is 25.3 Å². The fourth-order valence-electron chi connectivity index (χ4n) is 4.64. The summed E-state index contributed by atoms with van der Waals surface area (Å²) in [5.41, 5.74) is 2.85. The average molecular weight is 465 g/mol. The molecule has 2 aromatic carbocycles. The van der Waals surface area contributed by atoms with Crippen LogP contribution in [0.25, 0.3) is 6.08 Å². The molecule has 2 amide bonds. The molecule has 7 heteroatoms. The number of piperidine rings is 1. The Labute approximate surface area is 200 Å². The van der Waals surface area contributed by atoms with E-state index in [-0.39, 0.29) is 11.8 Å². The van der Waals surface area contributed by atoms with E-state index < -0.39 is 0 Å². The first kappa shape index (κ1) is 23.7. The van der Waals surface area contributed by atoms with Crippen molar-refractivity contribution in [2.75, 3.05) is 38.7 Å². The SMILES string of the molecule is COc1cc(C=CC(=O)Nc2cc(C(=O)N3CC(C)CC(C)C3)ccc2C)cc2c1OCCO2. The normalized spacial score (nSPS) is 19.7. The van der Waals surface area contributed by atoms with Crippen LogP contribution in [0.4, 0.5) is 5.69 Å². The summed E-state index contributed by atoms with van der Waals surface area (Å²) < 4.78 is 16.7. The van der Waals surface area contributed by atoms with Gasteiger partial charge in [0.15, 0.2) is 11.5 Å². The maximum Gasteiger partial charge on any atom is 0.253 e. The van der Waals surface area contributed by atoms with Crippen LogP contribution in [0.15, 0.2) is 36.4 Å². The molecule has 1 fully saturated rings. The Kier molecular flexibility index (Phi) is 7.10. The first-order chi connectivity index (χ1) is 16.3. The number of nitrogens with zero attached hydrogens (tertiary/aromatic N) is 1. The monoisotopic (exact) mass is 464 g/mol. The van der Waals surface area contributed by atoms with Gasteiger partial charge in [0.05, 0.1) is 7.11 Å². The van der Waals surface area contributed by atoms with Crippen molar-refractivity contribution in [3.63, 3.8) is 0 Å². The number of likely N-dealkylation sites (tertiary alicyclic amines) is 1. The minimum atomic E-state index is -0.290. The number of ether oxygens (including phenoxy) is 3. The highest BCUT2D eigenvalue weighted by Crippen LogP contribution is 2.40. The fraction of sp³-hybridized carbons (Fsp3) is 0.407. The zero-order chi connectivity index (χ0) is 24.2. The highest BCUT2D eigenvalue weighted by molar-refractivity contribution is 6.03. The molecule has 1 saturated heterocycles. The maximum absolute atomic E-state index is 13.1. The number of carbonyl (C=O) groups is 2. The van der Waals surface area contributed by atoms with Crippen molar-refractivity contribution in [1.82, 2.24) is 4.90 Å². The summed E-state index contributed by atoms with van der Waals surface area (Å²) in [6.07, 6.45) is 4.28. The number of fused-ring (bicyclic) bond motifs is 1. The Morgan fingerprint density at radius 3 is 2.56 bits per heavy atom. The van der Waals surface area contributed by atoms with Crippen LogP contribution in [0.2, 0.25) is 0 Å². The van der Waals surface area contributed by atoms with Crippen molar-refractivity contribution in [3.05, 3.63) is 53.1 Å². The number of rotatable bonds is 5. The van der Waals surface area contributed by atoms with E-state index >= 15 is 0 Å². The molecule has 0 spiro atoms. The second-order valence-electron chi connectivity index (χ2n) is 9.26. The molecule has 34 heavy (non-hydrogen) atoms. The number of hydrogen-bond acceptors (Lipinski definition) is 5. The Morgan fingerprint density at radius 1 is 1.09 bits per heavy atom. The molecule has 0 radical (unpaired) electrons. The molecule has 0 aliphatic carbocycles. The quantitative estimate of drug-likeness (QED) is 0.657. The topological polar surface area (TPSA) is 77.1 Å². The number of methoxy groups -OCH3 is 1. The number of benzene rings is 2. The molecular formula is C27H32N2O5. The molecule has 2 heterocycles. The standard InChI is InChI=1S/C27H32N2O5/c1-17-11-18(2)16-29(15-17)27(31)21-7-5-19(3)22(14-21)28-25(30)8-6-20-12-23(32-4)26-24(13-20)33-9-10-34-26/h5-8,12-14,17-18H,9-11,15-16H2,1-4H3,(H,28,30). The summed E-state index contributed by atoms with van der Waals surface area (Å²) in [6.45, 7) is 8.73. The molecule has 2 aliphatic rings. The summed E-state index contributed by atoms with van der Waals surface area (Å²) in [4.78, 5) is 27.7. The van der Waals surface area contributed by atoms with E-state index in [0.717, 1.165) is 30.6 Å². The Bertz CT molecular complexity index is 1080. The van der Waals surface area contributed by atoms with Gasteiger partial charge in [0, 0.05) is 30.4 Å². The molecule has 0 bridgehead atoms. The summed E-state index contributed by atoms with van der Waals surface area (Å²) >= 11 is 0. The van der Waals surface area contributed by atoms with E-state index in [1.807, 2.05) is 30.0 Å². The second-order valence-corrected chi connectivity index (χ2v) is 9.26. The molecule has 7 nitrogen and oxygen atoms in total. The van der Waals surface area contributed by atoms with Crippen molar-refractivity contribution in [2.45, 2.75) is 27.2 Å². The van der Waals surface area contributed by atoms with Crippen LogP contribution in [0.1, 0.15) is 41.8 Å². The molecule has 2 aromatic rings. The smallest absolute Gasteiger partial charge is 0.253 e. The summed E-state index contributed by atoms with van der Waals surface area (Å²) in [5, 5.41) is 2.90. The molecule has 4 rings (SSSR count). The number of hydrogen-bond donors (Lipinski definition) is 1. The number of amides is 2. The third kappa shape index (κ3) is 5.35. The first-order valence-electron chi connectivity index (χ1n) is 11.7. The van der Waals surface area contributed by atoms with Crippen LogP contribution in [-0.2, 0) is 4.79 Å². The lowest BCUT2D eigenvalue weighted by Crippen LogP contribution is -2.42. The largest absolute Gasteiger partial charge is 0.493 e. The van der Waals surface area contributed by atoms with Gasteiger partial charge in [-0.15, -0.1) is 0 Å². The fourth-order valence-corrected chi connectivity index (χ4v) is 4.64. The molecule has 2 aliphatic heterocycles. The van der Waals surface area contributed by atoms with Gasteiger partial charge in [-0.2, -0.15) is 0 Å². The van der Waals surface area contributed by atoms with Gasteiger partial charge in [-0.25, -0.2) is 0 Å². The van der Waals surface area contributed by atoms with Gasteiger partial charge >= 0.3 is 0 Å². The van der Waals surface area contributed by atoms with Crippen LogP contribution < -0.4 is 19.5 Å². The highest BCUT2D eigenvalue weighted by Gasteiger charge is 2.26. The summed E-state index contributed by atoms with van der Waals surface area (Å²) in [7, 11) is 1.57. The molecule has 0 saturated carbocycles.